The maximum Gasteiger partial charge on any atom is 0.416 e. The zero-order valence-corrected chi connectivity index (χ0v) is 17.1. The van der Waals surface area contributed by atoms with Gasteiger partial charge < -0.3 is 9.80 Å². The van der Waals surface area contributed by atoms with Crippen molar-refractivity contribution in [3.63, 3.8) is 0 Å². The third-order valence-corrected chi connectivity index (χ3v) is 6.07. The van der Waals surface area contributed by atoms with Crippen molar-refractivity contribution in [2.75, 3.05) is 26.2 Å². The molecular formula is C24H20F4N2O2. The highest BCUT2D eigenvalue weighted by atomic mass is 19.4. The first-order valence-electron chi connectivity index (χ1n) is 10.2. The number of carbonyl (C=O) groups excluding carboxylic acids is 2. The number of rotatable bonds is 1. The van der Waals surface area contributed by atoms with E-state index in [-0.39, 0.29) is 28.6 Å². The van der Waals surface area contributed by atoms with Crippen LogP contribution in [0.4, 0.5) is 17.6 Å². The van der Waals surface area contributed by atoms with Gasteiger partial charge in [0.05, 0.1) is 5.56 Å². The normalized spacial score (nSPS) is 17.4. The van der Waals surface area contributed by atoms with E-state index in [2.05, 4.69) is 11.8 Å². The average Bonchev–Trinajstić information content (AvgIpc) is 2.76. The maximum absolute atomic E-state index is 12.9. The van der Waals surface area contributed by atoms with Crippen LogP contribution in [-0.4, -0.2) is 47.8 Å². The Morgan fingerprint density at radius 1 is 0.875 bits per heavy atom. The first kappa shape index (κ1) is 21.9. The molecule has 2 heterocycles. The van der Waals surface area contributed by atoms with E-state index in [0.29, 0.717) is 31.7 Å². The Kier molecular flexibility index (Phi) is 5.68. The first-order chi connectivity index (χ1) is 15.2. The van der Waals surface area contributed by atoms with Gasteiger partial charge in [-0.1, -0.05) is 5.92 Å². The number of nitrogens with zero attached hydrogens (tertiary/aromatic N) is 2. The zero-order chi connectivity index (χ0) is 22.9. The fourth-order valence-corrected chi connectivity index (χ4v) is 4.13. The van der Waals surface area contributed by atoms with Gasteiger partial charge in [-0.15, -0.1) is 0 Å². The minimum absolute atomic E-state index is 0.0667. The number of hydrogen-bond donors (Lipinski definition) is 0. The number of halogens is 4. The quantitative estimate of drug-likeness (QED) is 0.494. The minimum atomic E-state index is -4.43. The van der Waals surface area contributed by atoms with Gasteiger partial charge in [-0.3, -0.25) is 9.59 Å². The predicted octanol–water partition coefficient (Wildman–Crippen LogP) is 3.96. The summed E-state index contributed by atoms with van der Waals surface area (Å²) in [5.41, 5.74) is -0.0576. The van der Waals surface area contributed by atoms with Crippen LogP contribution in [0.3, 0.4) is 0 Å². The average molecular weight is 444 g/mol. The molecule has 2 saturated heterocycles. The van der Waals surface area contributed by atoms with E-state index in [1.165, 1.54) is 36.4 Å². The number of piperidine rings is 1. The number of carbonyl (C=O) groups is 2. The molecular weight excluding hydrogens is 424 g/mol. The molecule has 4 rings (SSSR count). The Bertz CT molecular complexity index is 1070. The second-order valence-corrected chi connectivity index (χ2v) is 8.29. The summed E-state index contributed by atoms with van der Waals surface area (Å²) >= 11 is 0. The Morgan fingerprint density at radius 2 is 1.47 bits per heavy atom. The zero-order valence-electron chi connectivity index (χ0n) is 17.1. The highest BCUT2D eigenvalue weighted by molar-refractivity contribution is 5.95. The number of likely N-dealkylation sites (tertiary alicyclic amines) is 2. The summed E-state index contributed by atoms with van der Waals surface area (Å²) in [7, 11) is 0. The van der Waals surface area contributed by atoms with Crippen molar-refractivity contribution in [1.29, 1.82) is 0 Å². The van der Waals surface area contributed by atoms with Crippen molar-refractivity contribution in [2.45, 2.75) is 19.0 Å². The molecule has 0 saturated carbocycles. The van der Waals surface area contributed by atoms with Gasteiger partial charge in [0.15, 0.2) is 0 Å². The summed E-state index contributed by atoms with van der Waals surface area (Å²) in [4.78, 5) is 28.2. The third kappa shape index (κ3) is 4.62. The molecule has 2 aliphatic heterocycles. The van der Waals surface area contributed by atoms with Crippen molar-refractivity contribution in [2.24, 2.45) is 5.41 Å². The smallest absolute Gasteiger partial charge is 0.337 e. The Labute approximate surface area is 182 Å². The van der Waals surface area contributed by atoms with Crippen molar-refractivity contribution in [3.8, 4) is 11.8 Å². The number of hydrogen-bond acceptors (Lipinski definition) is 2. The molecule has 166 valence electrons. The van der Waals surface area contributed by atoms with Crippen LogP contribution in [0.25, 0.3) is 0 Å². The van der Waals surface area contributed by atoms with Crippen LogP contribution in [0.1, 0.15) is 34.3 Å². The number of amides is 2. The maximum atomic E-state index is 12.9. The molecule has 0 radical (unpaired) electrons. The van der Waals surface area contributed by atoms with E-state index >= 15 is 0 Å². The van der Waals surface area contributed by atoms with Gasteiger partial charge in [0.1, 0.15) is 5.82 Å². The summed E-state index contributed by atoms with van der Waals surface area (Å²) in [5.74, 6) is 4.38. The van der Waals surface area contributed by atoms with Crippen LogP contribution in [0, 0.1) is 23.1 Å². The molecule has 1 spiro atoms. The number of alkyl halides is 3. The predicted molar refractivity (Wildman–Crippen MR) is 109 cm³/mol. The van der Waals surface area contributed by atoms with Gasteiger partial charge in [-0.25, -0.2) is 4.39 Å². The van der Waals surface area contributed by atoms with Crippen molar-refractivity contribution in [3.05, 3.63) is 71.0 Å². The second kappa shape index (κ2) is 8.30. The minimum Gasteiger partial charge on any atom is -0.337 e. The lowest BCUT2D eigenvalue weighted by Gasteiger charge is -2.53. The summed E-state index contributed by atoms with van der Waals surface area (Å²) in [5, 5.41) is 0. The molecule has 8 heteroatoms. The molecule has 0 atom stereocenters. The molecule has 2 aromatic carbocycles. The molecule has 0 bridgehead atoms. The summed E-state index contributed by atoms with van der Waals surface area (Å²) in [6, 6.07) is 9.84. The Hall–Kier alpha value is -3.34. The highest BCUT2D eigenvalue weighted by Crippen LogP contribution is 2.41. The molecule has 32 heavy (non-hydrogen) atoms. The monoisotopic (exact) mass is 444 g/mol. The van der Waals surface area contributed by atoms with Crippen LogP contribution in [0.15, 0.2) is 48.5 Å². The molecule has 0 aliphatic carbocycles. The van der Waals surface area contributed by atoms with Crippen LogP contribution < -0.4 is 0 Å². The van der Waals surface area contributed by atoms with Crippen molar-refractivity contribution in [1.82, 2.24) is 9.80 Å². The fraction of sp³-hybridized carbons (Fsp3) is 0.333. The van der Waals surface area contributed by atoms with Crippen LogP contribution in [-0.2, 0) is 11.0 Å². The standard InChI is InChI=1S/C24H20F4N2O2/c25-20-8-1-17(2-9-20)3-10-21(31)29-13-11-23(12-14-29)15-30(16-23)22(32)18-4-6-19(7-5-18)24(26,27)28/h1-2,4-9H,11-16H2. The molecule has 2 fully saturated rings. The van der Waals surface area contributed by atoms with Crippen LogP contribution in [0.2, 0.25) is 0 Å². The van der Waals surface area contributed by atoms with E-state index in [0.717, 1.165) is 25.0 Å². The Balaban J connectivity index is 1.28. The molecule has 0 unspecified atom stereocenters. The summed E-state index contributed by atoms with van der Waals surface area (Å²) in [6.07, 6.45) is -2.97. The first-order valence-corrected chi connectivity index (χ1v) is 10.2. The lowest BCUT2D eigenvalue weighted by Crippen LogP contribution is -2.62. The highest BCUT2D eigenvalue weighted by Gasteiger charge is 2.47. The molecule has 0 aromatic heterocycles. The van der Waals surface area contributed by atoms with Crippen molar-refractivity contribution < 1.29 is 27.2 Å². The molecule has 0 N–H and O–H groups in total. The summed E-state index contributed by atoms with van der Waals surface area (Å²) in [6.45, 7) is 2.10. The van der Waals surface area contributed by atoms with E-state index in [1.807, 2.05) is 0 Å². The molecule has 2 aromatic rings. The number of benzene rings is 2. The van der Waals surface area contributed by atoms with Gasteiger partial charge in [0, 0.05) is 48.6 Å². The topological polar surface area (TPSA) is 40.6 Å². The van der Waals surface area contributed by atoms with Crippen LogP contribution in [0.5, 0.6) is 0 Å². The molecule has 2 aliphatic rings. The largest absolute Gasteiger partial charge is 0.416 e. The summed E-state index contributed by atoms with van der Waals surface area (Å²) < 4.78 is 51.0. The van der Waals surface area contributed by atoms with E-state index in [1.54, 1.807) is 9.80 Å². The van der Waals surface area contributed by atoms with E-state index in [4.69, 9.17) is 0 Å². The van der Waals surface area contributed by atoms with Gasteiger partial charge >= 0.3 is 6.18 Å². The van der Waals surface area contributed by atoms with Crippen molar-refractivity contribution >= 4 is 11.8 Å². The van der Waals surface area contributed by atoms with Crippen LogP contribution >= 0.6 is 0 Å². The fourth-order valence-electron chi connectivity index (χ4n) is 4.13. The van der Waals surface area contributed by atoms with E-state index in [9.17, 15) is 27.2 Å². The lowest BCUT2D eigenvalue weighted by atomic mass is 9.71. The lowest BCUT2D eigenvalue weighted by molar-refractivity contribution is -0.137. The van der Waals surface area contributed by atoms with Gasteiger partial charge in [-0.2, -0.15) is 13.2 Å². The third-order valence-electron chi connectivity index (χ3n) is 6.07. The van der Waals surface area contributed by atoms with Gasteiger partial charge in [-0.05, 0) is 61.4 Å². The van der Waals surface area contributed by atoms with Gasteiger partial charge in [0.25, 0.3) is 11.8 Å². The van der Waals surface area contributed by atoms with Gasteiger partial charge in [0.2, 0.25) is 0 Å². The van der Waals surface area contributed by atoms with E-state index < -0.39 is 11.7 Å². The molecule has 4 nitrogen and oxygen atoms in total. The SMILES string of the molecule is O=C(C#Cc1ccc(F)cc1)N1CCC2(CC1)CN(C(=O)c1ccc(C(F)(F)F)cc1)C2. The Morgan fingerprint density at radius 3 is 2.03 bits per heavy atom. The second-order valence-electron chi connectivity index (χ2n) is 8.29. The molecule has 2 amide bonds.